The Morgan fingerprint density at radius 1 is 0.881 bits per heavy atom. The van der Waals surface area contributed by atoms with Gasteiger partial charge in [0.1, 0.15) is 17.7 Å². The van der Waals surface area contributed by atoms with Gasteiger partial charge in [0.05, 0.1) is 6.10 Å². The Morgan fingerprint density at radius 3 is 2.21 bits per heavy atom. The van der Waals surface area contributed by atoms with E-state index in [1.54, 1.807) is 0 Å². The van der Waals surface area contributed by atoms with Crippen LogP contribution in [0.15, 0.2) is 0 Å². The van der Waals surface area contributed by atoms with Crippen LogP contribution in [-0.2, 0) is 28.6 Å². The standard InChI is InChI=1S/C35H59NO6/c1-21(2)40-31(38)19-22(3)26-11-12-27-25-10-9-23-20-24(15-17-34(23,7)28(25)16-18-35(26,27)8)41-32(39)29(36)13-14-30(37)42-33(4,5)6/h21-29H,9-20,36H2,1-8H3/t22-,23?,24-,25?,26?,27?,28?,29+,34+,35-/m1/s1. The number of esters is 3. The largest absolute Gasteiger partial charge is 0.463 e. The molecule has 10 atom stereocenters. The lowest BCUT2D eigenvalue weighted by atomic mass is 9.44. The summed E-state index contributed by atoms with van der Waals surface area (Å²) in [6.45, 7) is 16.7. The SMILES string of the molecule is CC(C)OC(=O)C[C@@H](C)C1CCC2C3CCC4C[C@H](OC(=O)[C@@H](N)CCC(=O)OC(C)(C)C)CC[C@]4(C)C3CC[C@@]21C. The van der Waals surface area contributed by atoms with E-state index >= 15 is 0 Å². The Hall–Kier alpha value is -1.63. The lowest BCUT2D eigenvalue weighted by Gasteiger charge is -2.61. The van der Waals surface area contributed by atoms with E-state index in [-0.39, 0.29) is 42.4 Å². The Balaban J connectivity index is 1.31. The summed E-state index contributed by atoms with van der Waals surface area (Å²) in [5.74, 6) is 2.95. The molecule has 4 saturated carbocycles. The number of nitrogens with two attached hydrogens (primary N) is 1. The monoisotopic (exact) mass is 589 g/mol. The highest BCUT2D eigenvalue weighted by Crippen LogP contribution is 2.68. The van der Waals surface area contributed by atoms with Crippen molar-refractivity contribution in [2.45, 2.75) is 156 Å². The number of carbonyl (C=O) groups excluding carboxylic acids is 3. The van der Waals surface area contributed by atoms with Crippen LogP contribution in [0.3, 0.4) is 0 Å². The lowest BCUT2D eigenvalue weighted by Crippen LogP contribution is -2.54. The molecule has 0 aromatic rings. The fourth-order valence-electron chi connectivity index (χ4n) is 10.1. The third-order valence-corrected chi connectivity index (χ3v) is 11.9. The molecule has 4 rings (SSSR count). The van der Waals surface area contributed by atoms with Gasteiger partial charge < -0.3 is 19.9 Å². The third-order valence-electron chi connectivity index (χ3n) is 11.9. The highest BCUT2D eigenvalue weighted by atomic mass is 16.6. The predicted octanol–water partition coefficient (Wildman–Crippen LogP) is 6.98. The molecule has 0 amide bonds. The van der Waals surface area contributed by atoms with E-state index in [1.165, 1.54) is 38.5 Å². The summed E-state index contributed by atoms with van der Waals surface area (Å²) in [4.78, 5) is 37.3. The van der Waals surface area contributed by atoms with Crippen molar-refractivity contribution in [3.8, 4) is 0 Å². The predicted molar refractivity (Wildman–Crippen MR) is 163 cm³/mol. The van der Waals surface area contributed by atoms with Crippen LogP contribution in [0.1, 0.15) is 132 Å². The van der Waals surface area contributed by atoms with Crippen molar-refractivity contribution >= 4 is 17.9 Å². The van der Waals surface area contributed by atoms with E-state index in [9.17, 15) is 14.4 Å². The minimum absolute atomic E-state index is 0.0484. The number of carbonyl (C=O) groups is 3. The van der Waals surface area contributed by atoms with Gasteiger partial charge >= 0.3 is 17.9 Å². The smallest absolute Gasteiger partial charge is 0.323 e. The van der Waals surface area contributed by atoms with Crippen LogP contribution in [0, 0.1) is 46.3 Å². The Labute approximate surface area is 254 Å². The second-order valence-electron chi connectivity index (χ2n) is 16.2. The van der Waals surface area contributed by atoms with Crippen molar-refractivity contribution in [1.29, 1.82) is 0 Å². The van der Waals surface area contributed by atoms with Crippen molar-refractivity contribution < 1.29 is 28.6 Å². The van der Waals surface area contributed by atoms with Gasteiger partial charge in [-0.3, -0.25) is 14.4 Å². The van der Waals surface area contributed by atoms with Crippen LogP contribution < -0.4 is 5.73 Å². The molecule has 0 saturated heterocycles. The maximum Gasteiger partial charge on any atom is 0.323 e. The highest BCUT2D eigenvalue weighted by molar-refractivity contribution is 5.77. The molecule has 0 radical (unpaired) electrons. The molecule has 5 unspecified atom stereocenters. The number of hydrogen-bond acceptors (Lipinski definition) is 7. The van der Waals surface area contributed by atoms with E-state index in [0.717, 1.165) is 37.0 Å². The van der Waals surface area contributed by atoms with Gasteiger partial charge in [-0.25, -0.2) is 0 Å². The van der Waals surface area contributed by atoms with Gasteiger partial charge in [-0.1, -0.05) is 20.8 Å². The first-order valence-corrected chi connectivity index (χ1v) is 16.9. The van der Waals surface area contributed by atoms with Crippen LogP contribution in [0.25, 0.3) is 0 Å². The maximum atomic E-state index is 12.8. The van der Waals surface area contributed by atoms with Gasteiger partial charge in [0.15, 0.2) is 0 Å². The summed E-state index contributed by atoms with van der Waals surface area (Å²) in [6, 6.07) is -0.803. The fourth-order valence-corrected chi connectivity index (χ4v) is 10.1. The minimum Gasteiger partial charge on any atom is -0.463 e. The topological polar surface area (TPSA) is 105 Å². The van der Waals surface area contributed by atoms with Crippen LogP contribution in [0.4, 0.5) is 0 Å². The zero-order valence-corrected chi connectivity index (χ0v) is 27.7. The van der Waals surface area contributed by atoms with Gasteiger partial charge in [-0.05, 0) is 145 Å². The molecule has 0 heterocycles. The molecule has 4 aliphatic carbocycles. The maximum absolute atomic E-state index is 12.8. The summed E-state index contributed by atoms with van der Waals surface area (Å²) in [5, 5.41) is 0. The average molecular weight is 590 g/mol. The zero-order chi connectivity index (χ0) is 31.0. The van der Waals surface area contributed by atoms with Crippen molar-refractivity contribution in [1.82, 2.24) is 0 Å². The van der Waals surface area contributed by atoms with E-state index in [0.29, 0.717) is 29.6 Å². The second-order valence-corrected chi connectivity index (χ2v) is 16.2. The molecule has 7 nitrogen and oxygen atoms in total. The quantitative estimate of drug-likeness (QED) is 0.228. The number of ether oxygens (including phenoxy) is 3. The Morgan fingerprint density at radius 2 is 1.55 bits per heavy atom. The molecule has 7 heteroatoms. The Kier molecular flexibility index (Phi) is 10.1. The molecule has 0 aromatic heterocycles. The summed E-state index contributed by atoms with van der Waals surface area (Å²) < 4.78 is 16.8. The van der Waals surface area contributed by atoms with Crippen molar-refractivity contribution in [3.63, 3.8) is 0 Å². The van der Waals surface area contributed by atoms with Crippen LogP contribution >= 0.6 is 0 Å². The lowest BCUT2D eigenvalue weighted by molar-refractivity contribution is -0.165. The molecule has 240 valence electrons. The highest BCUT2D eigenvalue weighted by Gasteiger charge is 2.61. The number of fused-ring (bicyclic) bond motifs is 5. The zero-order valence-electron chi connectivity index (χ0n) is 27.7. The fraction of sp³-hybridized carbons (Fsp3) is 0.914. The first kappa shape index (κ1) is 33.3. The molecular weight excluding hydrogens is 530 g/mol. The van der Waals surface area contributed by atoms with E-state index in [2.05, 4.69) is 20.8 Å². The van der Waals surface area contributed by atoms with Gasteiger partial charge in [0, 0.05) is 12.8 Å². The summed E-state index contributed by atoms with van der Waals surface area (Å²) >= 11 is 0. The molecule has 0 aromatic carbocycles. The van der Waals surface area contributed by atoms with Gasteiger partial charge in [0.2, 0.25) is 0 Å². The van der Waals surface area contributed by atoms with E-state index < -0.39 is 17.6 Å². The van der Waals surface area contributed by atoms with Crippen LogP contribution in [0.2, 0.25) is 0 Å². The molecular formula is C35H59NO6. The first-order valence-electron chi connectivity index (χ1n) is 16.9. The molecule has 2 N–H and O–H groups in total. The minimum atomic E-state index is -0.803. The number of hydrogen-bond donors (Lipinski definition) is 1. The van der Waals surface area contributed by atoms with E-state index in [4.69, 9.17) is 19.9 Å². The summed E-state index contributed by atoms with van der Waals surface area (Å²) in [5.41, 5.74) is 6.18. The van der Waals surface area contributed by atoms with Crippen molar-refractivity contribution in [2.24, 2.45) is 52.1 Å². The molecule has 0 aliphatic heterocycles. The third kappa shape index (κ3) is 7.18. The molecule has 4 aliphatic rings. The van der Waals surface area contributed by atoms with Crippen LogP contribution in [-0.4, -0.2) is 41.8 Å². The second kappa shape index (κ2) is 12.8. The first-order chi connectivity index (χ1) is 19.5. The molecule has 42 heavy (non-hydrogen) atoms. The normalized spacial score (nSPS) is 37.6. The van der Waals surface area contributed by atoms with Crippen molar-refractivity contribution in [3.05, 3.63) is 0 Å². The van der Waals surface area contributed by atoms with Gasteiger partial charge in [0.25, 0.3) is 0 Å². The number of rotatable bonds is 9. The Bertz CT molecular complexity index is 988. The molecule has 4 fully saturated rings. The van der Waals surface area contributed by atoms with Gasteiger partial charge in [-0.2, -0.15) is 0 Å². The average Bonchev–Trinajstić information content (AvgIpc) is 3.23. The van der Waals surface area contributed by atoms with Crippen LogP contribution in [0.5, 0.6) is 0 Å². The summed E-state index contributed by atoms with van der Waals surface area (Å²) in [6.07, 6.45) is 11.1. The van der Waals surface area contributed by atoms with E-state index in [1.807, 2.05) is 34.6 Å². The molecule has 0 spiro atoms. The van der Waals surface area contributed by atoms with Gasteiger partial charge in [-0.15, -0.1) is 0 Å². The summed E-state index contributed by atoms with van der Waals surface area (Å²) in [7, 11) is 0. The molecule has 0 bridgehead atoms. The van der Waals surface area contributed by atoms with Crippen molar-refractivity contribution in [2.75, 3.05) is 0 Å².